The van der Waals surface area contributed by atoms with Crippen LogP contribution < -0.4 is 11.1 Å². The summed E-state index contributed by atoms with van der Waals surface area (Å²) >= 11 is 0. The minimum atomic E-state index is -2.49. The molecular formula is C10H17F2N3. The molecule has 0 spiro atoms. The van der Waals surface area contributed by atoms with E-state index in [1.807, 2.05) is 0 Å². The van der Waals surface area contributed by atoms with Crippen LogP contribution in [-0.2, 0) is 0 Å². The highest BCUT2D eigenvalue weighted by Gasteiger charge is 2.45. The summed E-state index contributed by atoms with van der Waals surface area (Å²) in [5.41, 5.74) is 5.59. The van der Waals surface area contributed by atoms with Crippen LogP contribution in [0.15, 0.2) is 4.99 Å². The van der Waals surface area contributed by atoms with Gasteiger partial charge in [0.25, 0.3) is 5.92 Å². The monoisotopic (exact) mass is 217 g/mol. The zero-order chi connectivity index (χ0) is 10.9. The van der Waals surface area contributed by atoms with Gasteiger partial charge in [-0.2, -0.15) is 0 Å². The molecule has 15 heavy (non-hydrogen) atoms. The Morgan fingerprint density at radius 2 is 2.07 bits per heavy atom. The van der Waals surface area contributed by atoms with Crippen molar-refractivity contribution in [2.45, 2.75) is 44.1 Å². The lowest BCUT2D eigenvalue weighted by molar-refractivity contribution is -0.0886. The highest BCUT2D eigenvalue weighted by molar-refractivity contribution is 5.78. The number of nitrogens with zero attached hydrogens (tertiary/aromatic N) is 1. The topological polar surface area (TPSA) is 50.4 Å². The Labute approximate surface area is 88.1 Å². The van der Waals surface area contributed by atoms with E-state index in [-0.39, 0.29) is 18.9 Å². The van der Waals surface area contributed by atoms with Crippen LogP contribution in [0.1, 0.15) is 32.1 Å². The molecule has 2 aliphatic rings. The second-order valence-electron chi connectivity index (χ2n) is 4.63. The van der Waals surface area contributed by atoms with E-state index in [0.717, 1.165) is 6.54 Å². The lowest BCUT2D eigenvalue weighted by Gasteiger charge is -2.35. The number of rotatable bonds is 3. The van der Waals surface area contributed by atoms with E-state index in [1.165, 1.54) is 19.3 Å². The largest absolute Gasteiger partial charge is 0.370 e. The molecule has 0 aromatic rings. The Morgan fingerprint density at radius 1 is 1.40 bits per heavy atom. The van der Waals surface area contributed by atoms with E-state index in [4.69, 9.17) is 5.73 Å². The summed E-state index contributed by atoms with van der Waals surface area (Å²) < 4.78 is 25.0. The first-order chi connectivity index (χ1) is 7.05. The van der Waals surface area contributed by atoms with Crippen LogP contribution in [0.3, 0.4) is 0 Å². The molecule has 0 bridgehead atoms. The number of nitrogens with two attached hydrogens (primary N) is 1. The summed E-state index contributed by atoms with van der Waals surface area (Å²) in [5, 5.41) is 2.82. The third-order valence-corrected chi connectivity index (χ3v) is 3.19. The van der Waals surface area contributed by atoms with Gasteiger partial charge in [-0.25, -0.2) is 8.78 Å². The molecule has 0 heterocycles. The van der Waals surface area contributed by atoms with E-state index < -0.39 is 5.92 Å². The van der Waals surface area contributed by atoms with Crippen molar-refractivity contribution in [3.63, 3.8) is 0 Å². The molecule has 2 saturated carbocycles. The van der Waals surface area contributed by atoms with Gasteiger partial charge in [0.1, 0.15) is 0 Å². The van der Waals surface area contributed by atoms with Crippen molar-refractivity contribution in [1.82, 2.24) is 5.32 Å². The molecule has 0 aromatic heterocycles. The van der Waals surface area contributed by atoms with Gasteiger partial charge in [0.15, 0.2) is 5.96 Å². The Balaban J connectivity index is 1.65. The third-order valence-electron chi connectivity index (χ3n) is 3.19. The molecule has 0 radical (unpaired) electrons. The Kier molecular flexibility index (Phi) is 2.80. The van der Waals surface area contributed by atoms with Gasteiger partial charge in [-0.15, -0.1) is 0 Å². The number of hydrogen-bond acceptors (Lipinski definition) is 1. The lowest BCUT2D eigenvalue weighted by Crippen LogP contribution is -2.52. The maximum Gasteiger partial charge on any atom is 0.252 e. The van der Waals surface area contributed by atoms with Crippen LogP contribution >= 0.6 is 0 Å². The molecule has 2 rings (SSSR count). The molecule has 3 N–H and O–H groups in total. The molecule has 0 atom stereocenters. The quantitative estimate of drug-likeness (QED) is 0.556. The molecule has 2 aliphatic carbocycles. The van der Waals surface area contributed by atoms with Crippen LogP contribution in [0.4, 0.5) is 8.78 Å². The Bertz CT molecular complexity index is 253. The van der Waals surface area contributed by atoms with E-state index in [1.54, 1.807) is 0 Å². The summed E-state index contributed by atoms with van der Waals surface area (Å²) in [7, 11) is 0. The zero-order valence-electron chi connectivity index (χ0n) is 8.68. The Morgan fingerprint density at radius 3 is 2.53 bits per heavy atom. The van der Waals surface area contributed by atoms with Crippen LogP contribution in [0, 0.1) is 5.92 Å². The lowest BCUT2D eigenvalue weighted by atomic mass is 9.86. The van der Waals surface area contributed by atoms with Gasteiger partial charge in [-0.1, -0.05) is 6.42 Å². The summed E-state index contributed by atoms with van der Waals surface area (Å²) in [6.45, 7) is 0.738. The number of guanidine groups is 1. The number of alkyl halides is 2. The molecule has 0 saturated heterocycles. The van der Waals surface area contributed by atoms with Crippen molar-refractivity contribution in [1.29, 1.82) is 0 Å². The average Bonchev–Trinajstić information content (AvgIpc) is 1.97. The van der Waals surface area contributed by atoms with Crippen molar-refractivity contribution in [2.75, 3.05) is 6.54 Å². The second kappa shape index (κ2) is 3.94. The van der Waals surface area contributed by atoms with Crippen molar-refractivity contribution >= 4 is 5.96 Å². The van der Waals surface area contributed by atoms with Crippen LogP contribution in [0.2, 0.25) is 0 Å². The predicted molar refractivity (Wildman–Crippen MR) is 54.9 cm³/mol. The van der Waals surface area contributed by atoms with E-state index >= 15 is 0 Å². The molecular weight excluding hydrogens is 200 g/mol. The first kappa shape index (κ1) is 10.6. The fourth-order valence-electron chi connectivity index (χ4n) is 1.92. The molecule has 5 heteroatoms. The zero-order valence-corrected chi connectivity index (χ0v) is 8.68. The molecule has 0 unspecified atom stereocenters. The highest BCUT2D eigenvalue weighted by atomic mass is 19.3. The second-order valence-corrected chi connectivity index (χ2v) is 4.63. The SMILES string of the molecule is NC(=NCC1CCC1)NC1CC(F)(F)C1. The van der Waals surface area contributed by atoms with Gasteiger partial charge in [-0.05, 0) is 18.8 Å². The van der Waals surface area contributed by atoms with Gasteiger partial charge in [0, 0.05) is 25.4 Å². The van der Waals surface area contributed by atoms with Crippen LogP contribution in [0.5, 0.6) is 0 Å². The fourth-order valence-corrected chi connectivity index (χ4v) is 1.92. The van der Waals surface area contributed by atoms with Gasteiger partial charge in [-0.3, -0.25) is 4.99 Å². The highest BCUT2D eigenvalue weighted by Crippen LogP contribution is 2.37. The average molecular weight is 217 g/mol. The van der Waals surface area contributed by atoms with Gasteiger partial charge < -0.3 is 11.1 Å². The van der Waals surface area contributed by atoms with Gasteiger partial charge >= 0.3 is 0 Å². The van der Waals surface area contributed by atoms with Crippen molar-refractivity contribution < 1.29 is 8.78 Å². The summed E-state index contributed by atoms with van der Waals surface area (Å²) in [5.74, 6) is -1.51. The number of nitrogens with one attached hydrogen (secondary N) is 1. The standard InChI is InChI=1S/C10H17F2N3/c11-10(12)4-8(5-10)15-9(13)14-6-7-2-1-3-7/h7-8H,1-6H2,(H3,13,14,15). The van der Waals surface area contributed by atoms with Crippen LogP contribution in [0.25, 0.3) is 0 Å². The smallest absolute Gasteiger partial charge is 0.252 e. The molecule has 86 valence electrons. The molecule has 3 nitrogen and oxygen atoms in total. The fraction of sp³-hybridized carbons (Fsp3) is 0.900. The summed E-state index contributed by atoms with van der Waals surface area (Å²) in [4.78, 5) is 4.15. The minimum Gasteiger partial charge on any atom is -0.370 e. The van der Waals surface area contributed by atoms with Crippen LogP contribution in [-0.4, -0.2) is 24.5 Å². The third kappa shape index (κ3) is 2.79. The number of hydrogen-bond donors (Lipinski definition) is 2. The van der Waals surface area contributed by atoms with E-state index in [0.29, 0.717) is 11.9 Å². The summed E-state index contributed by atoms with van der Waals surface area (Å²) in [6.07, 6.45) is 3.48. The molecule has 2 fully saturated rings. The van der Waals surface area contributed by atoms with Crippen molar-refractivity contribution in [3.8, 4) is 0 Å². The number of aliphatic imine (C=N–C) groups is 1. The maximum absolute atomic E-state index is 12.5. The number of halogens is 2. The minimum absolute atomic E-state index is 0.118. The normalized spacial score (nSPS) is 26.9. The molecule has 0 aromatic carbocycles. The predicted octanol–water partition coefficient (Wildman–Crippen LogP) is 1.49. The van der Waals surface area contributed by atoms with Gasteiger partial charge in [0.05, 0.1) is 0 Å². The van der Waals surface area contributed by atoms with Crippen molar-refractivity contribution in [3.05, 3.63) is 0 Å². The van der Waals surface area contributed by atoms with E-state index in [2.05, 4.69) is 10.3 Å². The summed E-state index contributed by atoms with van der Waals surface area (Å²) in [6, 6.07) is -0.190. The molecule has 0 amide bonds. The first-order valence-corrected chi connectivity index (χ1v) is 5.49. The Hall–Kier alpha value is -0.870. The van der Waals surface area contributed by atoms with Crippen molar-refractivity contribution in [2.24, 2.45) is 16.6 Å². The first-order valence-electron chi connectivity index (χ1n) is 5.49. The van der Waals surface area contributed by atoms with Gasteiger partial charge in [0.2, 0.25) is 0 Å². The maximum atomic E-state index is 12.5. The van der Waals surface area contributed by atoms with E-state index in [9.17, 15) is 8.78 Å². The molecule has 0 aliphatic heterocycles.